The smallest absolute Gasteiger partial charge is 0.258 e. The number of thioether (sulfide) groups is 1. The highest BCUT2D eigenvalue weighted by atomic mass is 32.2. The van der Waals surface area contributed by atoms with E-state index < -0.39 is 0 Å². The molecule has 0 saturated heterocycles. The molecule has 1 aromatic carbocycles. The molecule has 3 rings (SSSR count). The number of fused-ring (bicyclic) bond motifs is 1. The molecule has 0 spiro atoms. The van der Waals surface area contributed by atoms with Gasteiger partial charge < -0.3 is 4.90 Å². The Kier molecular flexibility index (Phi) is 6.11. The number of carbonyl (C=O) groups is 1. The molecule has 7 heteroatoms. The molecule has 0 aliphatic heterocycles. The zero-order chi connectivity index (χ0) is 18.5. The number of amides is 1. The molecule has 2 aromatic heterocycles. The summed E-state index contributed by atoms with van der Waals surface area (Å²) in [4.78, 5) is 31.7. The minimum Gasteiger partial charge on any atom is -0.335 e. The maximum Gasteiger partial charge on any atom is 0.258 e. The van der Waals surface area contributed by atoms with Gasteiger partial charge in [0.25, 0.3) is 5.56 Å². The summed E-state index contributed by atoms with van der Waals surface area (Å²) in [6.45, 7) is 4.66. The van der Waals surface area contributed by atoms with Crippen molar-refractivity contribution >= 4 is 34.0 Å². The van der Waals surface area contributed by atoms with Gasteiger partial charge in [0.2, 0.25) is 5.91 Å². The maximum absolute atomic E-state index is 12.6. The molecule has 0 aliphatic carbocycles. The Hall–Kier alpha value is -2.12. The van der Waals surface area contributed by atoms with Crippen molar-refractivity contribution in [3.8, 4) is 0 Å². The van der Waals surface area contributed by atoms with Crippen LogP contribution in [0.5, 0.6) is 0 Å². The normalized spacial score (nSPS) is 11.2. The van der Waals surface area contributed by atoms with Crippen molar-refractivity contribution in [2.75, 3.05) is 5.75 Å². The van der Waals surface area contributed by atoms with E-state index in [9.17, 15) is 9.59 Å². The fourth-order valence-electron chi connectivity index (χ4n) is 2.63. The highest BCUT2D eigenvalue weighted by Gasteiger charge is 2.17. The van der Waals surface area contributed by atoms with Crippen LogP contribution in [0.4, 0.5) is 0 Å². The molecule has 0 saturated carbocycles. The number of thiazole rings is 1. The fraction of sp³-hybridized carbons (Fsp3) is 0.316. The summed E-state index contributed by atoms with van der Waals surface area (Å²) in [6.07, 6.45) is 1.72. The molecule has 1 amide bonds. The molecule has 0 fully saturated rings. The summed E-state index contributed by atoms with van der Waals surface area (Å²) in [5, 5.41) is 1.84. The monoisotopic (exact) mass is 387 g/mol. The Labute approximate surface area is 160 Å². The Balaban J connectivity index is 1.59. The van der Waals surface area contributed by atoms with Crippen LogP contribution in [-0.4, -0.2) is 32.0 Å². The molecule has 0 bridgehead atoms. The first kappa shape index (κ1) is 18.7. The summed E-state index contributed by atoms with van der Waals surface area (Å²) < 4.78 is 1.53. The van der Waals surface area contributed by atoms with E-state index in [0.29, 0.717) is 23.0 Å². The SMILES string of the molecule is CC(C)N(Cc1ccccc1)C(=O)CSCc1cc(=O)n2ccsc2n1. The zero-order valence-electron chi connectivity index (χ0n) is 14.8. The molecular weight excluding hydrogens is 366 g/mol. The van der Waals surface area contributed by atoms with Crippen LogP contribution in [0.2, 0.25) is 0 Å². The lowest BCUT2D eigenvalue weighted by molar-refractivity contribution is -0.130. The van der Waals surface area contributed by atoms with E-state index >= 15 is 0 Å². The van der Waals surface area contributed by atoms with Gasteiger partial charge in [-0.2, -0.15) is 0 Å². The van der Waals surface area contributed by atoms with E-state index in [1.165, 1.54) is 27.5 Å². The van der Waals surface area contributed by atoms with Gasteiger partial charge in [0.05, 0.1) is 11.4 Å². The van der Waals surface area contributed by atoms with Gasteiger partial charge in [-0.3, -0.25) is 14.0 Å². The van der Waals surface area contributed by atoms with Gasteiger partial charge in [0, 0.05) is 36.0 Å². The van der Waals surface area contributed by atoms with Crippen molar-refractivity contribution in [3.05, 3.63) is 69.6 Å². The molecule has 0 unspecified atom stereocenters. The fourth-order valence-corrected chi connectivity index (χ4v) is 4.16. The van der Waals surface area contributed by atoms with Gasteiger partial charge in [0.15, 0.2) is 4.96 Å². The van der Waals surface area contributed by atoms with E-state index in [1.54, 1.807) is 12.3 Å². The van der Waals surface area contributed by atoms with Crippen molar-refractivity contribution in [1.29, 1.82) is 0 Å². The van der Waals surface area contributed by atoms with E-state index in [4.69, 9.17) is 0 Å². The predicted molar refractivity (Wildman–Crippen MR) is 108 cm³/mol. The minimum atomic E-state index is -0.0777. The highest BCUT2D eigenvalue weighted by molar-refractivity contribution is 7.99. The Morgan fingerprint density at radius 3 is 2.81 bits per heavy atom. The van der Waals surface area contributed by atoms with Crippen LogP contribution in [0.15, 0.2) is 52.8 Å². The van der Waals surface area contributed by atoms with Gasteiger partial charge in [-0.05, 0) is 19.4 Å². The highest BCUT2D eigenvalue weighted by Crippen LogP contribution is 2.15. The number of hydrogen-bond donors (Lipinski definition) is 0. The third kappa shape index (κ3) is 4.53. The third-order valence-electron chi connectivity index (χ3n) is 3.97. The number of nitrogens with zero attached hydrogens (tertiary/aromatic N) is 3. The van der Waals surface area contributed by atoms with Crippen LogP contribution >= 0.6 is 23.1 Å². The van der Waals surface area contributed by atoms with Crippen LogP contribution in [0.25, 0.3) is 4.96 Å². The summed E-state index contributed by atoms with van der Waals surface area (Å²) >= 11 is 2.93. The molecule has 26 heavy (non-hydrogen) atoms. The standard InChI is InChI=1S/C19H21N3O2S2/c1-14(2)22(11-15-6-4-3-5-7-15)18(24)13-25-12-16-10-17(23)21-8-9-26-19(21)20-16/h3-10,14H,11-13H2,1-2H3. The lowest BCUT2D eigenvalue weighted by Gasteiger charge is -2.27. The van der Waals surface area contributed by atoms with Crippen LogP contribution in [0.3, 0.4) is 0 Å². The van der Waals surface area contributed by atoms with Crippen LogP contribution in [0.1, 0.15) is 25.1 Å². The van der Waals surface area contributed by atoms with E-state index in [0.717, 1.165) is 11.3 Å². The number of rotatable bonds is 7. The molecular formula is C19H21N3O2S2. The van der Waals surface area contributed by atoms with Crippen molar-refractivity contribution < 1.29 is 4.79 Å². The van der Waals surface area contributed by atoms with Gasteiger partial charge in [-0.1, -0.05) is 30.3 Å². The van der Waals surface area contributed by atoms with Crippen LogP contribution in [0, 0.1) is 0 Å². The van der Waals surface area contributed by atoms with Crippen molar-refractivity contribution in [2.24, 2.45) is 0 Å². The Morgan fingerprint density at radius 2 is 2.08 bits per heavy atom. The summed E-state index contributed by atoms with van der Waals surface area (Å²) in [5.74, 6) is 1.02. The quantitative estimate of drug-likeness (QED) is 0.623. The molecule has 2 heterocycles. The van der Waals surface area contributed by atoms with Crippen molar-refractivity contribution in [1.82, 2.24) is 14.3 Å². The second kappa shape index (κ2) is 8.51. The summed E-state index contributed by atoms with van der Waals surface area (Å²) in [7, 11) is 0. The van der Waals surface area contributed by atoms with Gasteiger partial charge in [-0.25, -0.2) is 4.98 Å². The van der Waals surface area contributed by atoms with Crippen molar-refractivity contribution in [3.63, 3.8) is 0 Å². The summed E-state index contributed by atoms with van der Waals surface area (Å²) in [6, 6.07) is 11.7. The van der Waals surface area contributed by atoms with Crippen molar-refractivity contribution in [2.45, 2.75) is 32.2 Å². The lowest BCUT2D eigenvalue weighted by Crippen LogP contribution is -2.37. The average Bonchev–Trinajstić information content (AvgIpc) is 3.09. The molecule has 0 radical (unpaired) electrons. The predicted octanol–water partition coefficient (Wildman–Crippen LogP) is 3.43. The number of hydrogen-bond acceptors (Lipinski definition) is 5. The maximum atomic E-state index is 12.6. The number of benzene rings is 1. The Morgan fingerprint density at radius 1 is 1.31 bits per heavy atom. The lowest BCUT2D eigenvalue weighted by atomic mass is 10.2. The molecule has 0 atom stereocenters. The average molecular weight is 388 g/mol. The first-order chi connectivity index (χ1) is 12.5. The molecule has 5 nitrogen and oxygen atoms in total. The third-order valence-corrected chi connectivity index (χ3v) is 5.68. The number of carbonyl (C=O) groups excluding carboxylic acids is 1. The van der Waals surface area contributed by atoms with Gasteiger partial charge in [-0.15, -0.1) is 23.1 Å². The number of aromatic nitrogens is 2. The van der Waals surface area contributed by atoms with Crippen LogP contribution in [-0.2, 0) is 17.1 Å². The first-order valence-corrected chi connectivity index (χ1v) is 10.4. The largest absolute Gasteiger partial charge is 0.335 e. The first-order valence-electron chi connectivity index (χ1n) is 8.41. The topological polar surface area (TPSA) is 54.7 Å². The minimum absolute atomic E-state index is 0.0777. The molecule has 0 aliphatic rings. The Bertz CT molecular complexity index is 935. The summed E-state index contributed by atoms with van der Waals surface area (Å²) in [5.41, 5.74) is 1.76. The molecule has 0 N–H and O–H groups in total. The second-order valence-electron chi connectivity index (χ2n) is 6.24. The molecule has 136 valence electrons. The van der Waals surface area contributed by atoms with Gasteiger partial charge >= 0.3 is 0 Å². The van der Waals surface area contributed by atoms with E-state index in [-0.39, 0.29) is 17.5 Å². The second-order valence-corrected chi connectivity index (χ2v) is 8.09. The molecule has 3 aromatic rings. The zero-order valence-corrected chi connectivity index (χ0v) is 16.4. The van der Waals surface area contributed by atoms with E-state index in [2.05, 4.69) is 4.98 Å². The van der Waals surface area contributed by atoms with E-state index in [1.807, 2.05) is 54.5 Å². The van der Waals surface area contributed by atoms with Gasteiger partial charge in [0.1, 0.15) is 0 Å². The van der Waals surface area contributed by atoms with Crippen LogP contribution < -0.4 is 5.56 Å².